The Morgan fingerprint density at radius 3 is 2.72 bits per heavy atom. The van der Waals surface area contributed by atoms with Crippen molar-refractivity contribution in [3.05, 3.63) is 11.1 Å². The lowest BCUT2D eigenvalue weighted by Crippen LogP contribution is -2.46. The van der Waals surface area contributed by atoms with Crippen molar-refractivity contribution < 1.29 is 13.4 Å². The number of rotatable bonds is 10. The van der Waals surface area contributed by atoms with Crippen molar-refractivity contribution in [2.75, 3.05) is 19.7 Å². The van der Waals surface area contributed by atoms with Crippen LogP contribution in [0.2, 0.25) is 0 Å². The zero-order valence-corrected chi connectivity index (χ0v) is 21.9. The highest BCUT2D eigenvalue weighted by molar-refractivity contribution is 7.94. The van der Waals surface area contributed by atoms with E-state index in [0.717, 1.165) is 42.4 Å². The Labute approximate surface area is 201 Å². The first-order chi connectivity index (χ1) is 15.5. The molecule has 0 N–H and O–H groups in total. The molecule has 4 rings (SSSR count). The average molecular weight is 467 g/mol. The van der Waals surface area contributed by atoms with Gasteiger partial charge in [0.25, 0.3) is 0 Å². The normalized spacial score (nSPS) is 39.2. The molecular weight excluding hydrogens is 419 g/mol. The van der Waals surface area contributed by atoms with E-state index in [2.05, 4.69) is 20.8 Å². The van der Waals surface area contributed by atoms with Crippen molar-refractivity contribution >= 4 is 12.1 Å². The van der Waals surface area contributed by atoms with E-state index in [-0.39, 0.29) is 6.10 Å². The summed E-state index contributed by atoms with van der Waals surface area (Å²) >= 11 is 0.563. The Hall–Kier alpha value is -0.0600. The molecule has 0 aromatic rings. The van der Waals surface area contributed by atoms with E-state index in [9.17, 15) is 3.89 Å². The van der Waals surface area contributed by atoms with Gasteiger partial charge in [0, 0.05) is 25.0 Å². The first-order valence-electron chi connectivity index (χ1n) is 13.5. The molecule has 2 fully saturated rings. The summed E-state index contributed by atoms with van der Waals surface area (Å²) in [4.78, 5) is 0. The Kier molecular flexibility index (Phi) is 8.70. The Bertz CT molecular complexity index is 649. The molecule has 2 nitrogen and oxygen atoms in total. The van der Waals surface area contributed by atoms with Crippen LogP contribution in [-0.2, 0) is 9.47 Å². The van der Waals surface area contributed by atoms with Crippen molar-refractivity contribution in [2.45, 2.75) is 104 Å². The molecule has 4 aliphatic rings. The number of halogens is 1. The summed E-state index contributed by atoms with van der Waals surface area (Å²) in [7, 11) is 1.69. The summed E-state index contributed by atoms with van der Waals surface area (Å²) in [5.74, 6) is 5.24. The van der Waals surface area contributed by atoms with E-state index in [1.807, 2.05) is 0 Å². The van der Waals surface area contributed by atoms with E-state index >= 15 is 0 Å². The van der Waals surface area contributed by atoms with Gasteiger partial charge in [0.2, 0.25) is 0 Å². The standard InChI is InChI=1S/C28H47FO2S/c1-19(2)7-5-6-8-21-9-12-27-26-15-20(17-32-29)25-16-22(31-18-30-4)10-11-23(25)24(26)13-14-28(21,27)3/h19-22,24,26-27H,5-18H2,1-4H3. The summed E-state index contributed by atoms with van der Waals surface area (Å²) in [6.45, 7) is 7.72. The maximum atomic E-state index is 13.5. The van der Waals surface area contributed by atoms with Gasteiger partial charge in [0.1, 0.15) is 6.79 Å². The van der Waals surface area contributed by atoms with E-state index in [0.29, 0.717) is 36.0 Å². The van der Waals surface area contributed by atoms with Gasteiger partial charge in [-0.3, -0.25) is 0 Å². The molecule has 4 aliphatic carbocycles. The van der Waals surface area contributed by atoms with Crippen LogP contribution in [0, 0.1) is 40.9 Å². The van der Waals surface area contributed by atoms with Gasteiger partial charge in [-0.15, -0.1) is 0 Å². The van der Waals surface area contributed by atoms with Gasteiger partial charge >= 0.3 is 0 Å². The fourth-order valence-electron chi connectivity index (χ4n) is 8.41. The van der Waals surface area contributed by atoms with Crippen LogP contribution < -0.4 is 0 Å². The third-order valence-electron chi connectivity index (χ3n) is 10.00. The van der Waals surface area contributed by atoms with Gasteiger partial charge in [0.15, 0.2) is 0 Å². The minimum atomic E-state index is 0.257. The van der Waals surface area contributed by atoms with Crippen LogP contribution in [0.25, 0.3) is 0 Å². The SMILES string of the molecule is COCOC1CCC2=C(C1)C(CSF)CC1C2CCC2(C)C(CCCCC(C)C)CCC12. The highest BCUT2D eigenvalue weighted by atomic mass is 32.2. The lowest BCUT2D eigenvalue weighted by Gasteiger charge is -2.54. The molecule has 4 heteroatoms. The number of allylic oxidation sites excluding steroid dienone is 1. The quantitative estimate of drug-likeness (QED) is 0.183. The van der Waals surface area contributed by atoms with Crippen LogP contribution in [0.1, 0.15) is 97.8 Å². The van der Waals surface area contributed by atoms with Crippen LogP contribution in [-0.4, -0.2) is 25.8 Å². The molecular formula is C28H47FO2S. The molecule has 0 amide bonds. The predicted molar refractivity (Wildman–Crippen MR) is 133 cm³/mol. The molecule has 0 spiro atoms. The molecule has 0 aromatic carbocycles. The minimum absolute atomic E-state index is 0.257. The van der Waals surface area contributed by atoms with Crippen molar-refractivity contribution in [3.8, 4) is 0 Å². The Morgan fingerprint density at radius 2 is 1.97 bits per heavy atom. The molecule has 184 valence electrons. The number of hydrogen-bond acceptors (Lipinski definition) is 3. The second kappa shape index (κ2) is 11.1. The van der Waals surface area contributed by atoms with Gasteiger partial charge in [-0.1, -0.05) is 51.2 Å². The van der Waals surface area contributed by atoms with E-state index in [4.69, 9.17) is 9.47 Å². The molecule has 7 atom stereocenters. The molecule has 0 aromatic heterocycles. The van der Waals surface area contributed by atoms with Crippen molar-refractivity contribution in [3.63, 3.8) is 0 Å². The van der Waals surface area contributed by atoms with Crippen molar-refractivity contribution in [1.82, 2.24) is 0 Å². The molecule has 0 heterocycles. The van der Waals surface area contributed by atoms with Crippen LogP contribution in [0.15, 0.2) is 11.1 Å². The Morgan fingerprint density at radius 1 is 1.12 bits per heavy atom. The van der Waals surface area contributed by atoms with Crippen LogP contribution in [0.4, 0.5) is 3.89 Å². The summed E-state index contributed by atoms with van der Waals surface area (Å²) in [5.41, 5.74) is 3.85. The number of hydrogen-bond donors (Lipinski definition) is 0. The first-order valence-corrected chi connectivity index (χ1v) is 14.4. The summed E-state index contributed by atoms with van der Waals surface area (Å²) in [6.07, 6.45) is 16.0. The highest BCUT2D eigenvalue weighted by Gasteiger charge is 2.55. The number of fused-ring (bicyclic) bond motifs is 4. The fourth-order valence-corrected chi connectivity index (χ4v) is 8.89. The second-order valence-electron chi connectivity index (χ2n) is 12.1. The minimum Gasteiger partial charge on any atom is -0.359 e. The predicted octanol–water partition coefficient (Wildman–Crippen LogP) is 8.37. The van der Waals surface area contributed by atoms with Crippen LogP contribution in [0.5, 0.6) is 0 Å². The highest BCUT2D eigenvalue weighted by Crippen LogP contribution is 2.64. The smallest absolute Gasteiger partial charge is 0.146 e. The lowest BCUT2D eigenvalue weighted by atomic mass is 9.51. The number of methoxy groups -OCH3 is 1. The summed E-state index contributed by atoms with van der Waals surface area (Å²) < 4.78 is 24.6. The number of unbranched alkanes of at least 4 members (excludes halogenated alkanes) is 1. The third kappa shape index (κ3) is 5.13. The zero-order chi connectivity index (χ0) is 22.7. The van der Waals surface area contributed by atoms with Crippen molar-refractivity contribution in [1.29, 1.82) is 0 Å². The molecule has 0 bridgehead atoms. The average Bonchev–Trinajstić information content (AvgIpc) is 3.12. The molecule has 0 aliphatic heterocycles. The van der Waals surface area contributed by atoms with Crippen molar-refractivity contribution in [2.24, 2.45) is 40.9 Å². The zero-order valence-electron chi connectivity index (χ0n) is 21.0. The largest absolute Gasteiger partial charge is 0.359 e. The maximum Gasteiger partial charge on any atom is 0.146 e. The van der Waals surface area contributed by atoms with Gasteiger partial charge in [-0.25, -0.2) is 0 Å². The van der Waals surface area contributed by atoms with E-state index < -0.39 is 0 Å². The Balaban J connectivity index is 1.47. The first kappa shape index (κ1) is 25.0. The molecule has 0 saturated heterocycles. The molecule has 32 heavy (non-hydrogen) atoms. The van der Waals surface area contributed by atoms with E-state index in [1.54, 1.807) is 18.3 Å². The molecule has 2 saturated carbocycles. The molecule has 0 radical (unpaired) electrons. The van der Waals surface area contributed by atoms with Gasteiger partial charge in [-0.05, 0) is 98.7 Å². The van der Waals surface area contributed by atoms with Gasteiger partial charge in [0.05, 0.1) is 6.10 Å². The third-order valence-corrected chi connectivity index (χ3v) is 10.5. The van der Waals surface area contributed by atoms with Gasteiger partial charge in [-0.2, -0.15) is 3.89 Å². The van der Waals surface area contributed by atoms with Crippen LogP contribution in [0.3, 0.4) is 0 Å². The maximum absolute atomic E-state index is 13.5. The van der Waals surface area contributed by atoms with E-state index in [1.165, 1.54) is 64.2 Å². The summed E-state index contributed by atoms with van der Waals surface area (Å²) in [5, 5.41) is 0. The summed E-state index contributed by atoms with van der Waals surface area (Å²) in [6, 6.07) is 0. The molecule has 7 unspecified atom stereocenters. The second-order valence-corrected chi connectivity index (χ2v) is 12.6. The topological polar surface area (TPSA) is 18.5 Å². The lowest BCUT2D eigenvalue weighted by molar-refractivity contribution is -0.0783. The fraction of sp³-hybridized carbons (Fsp3) is 0.929. The number of ether oxygens (including phenoxy) is 2. The van der Waals surface area contributed by atoms with Gasteiger partial charge < -0.3 is 9.47 Å². The van der Waals surface area contributed by atoms with Crippen LogP contribution >= 0.6 is 12.1 Å². The monoisotopic (exact) mass is 466 g/mol.